The highest BCUT2D eigenvalue weighted by Crippen LogP contribution is 2.13. The molecular formula is C13H12N2O3S. The van der Waals surface area contributed by atoms with Crippen molar-refractivity contribution in [2.24, 2.45) is 0 Å². The number of nitrogens with one attached hydrogen (secondary N) is 2. The van der Waals surface area contributed by atoms with Gasteiger partial charge in [0, 0.05) is 10.6 Å². The van der Waals surface area contributed by atoms with Gasteiger partial charge in [0.2, 0.25) is 0 Å². The van der Waals surface area contributed by atoms with Gasteiger partial charge in [-0.3, -0.25) is 9.59 Å². The molecule has 2 aromatic rings. The Balaban J connectivity index is 1.85. The number of thiophene rings is 1. The maximum Gasteiger partial charge on any atom is 0.313 e. The van der Waals surface area contributed by atoms with Crippen molar-refractivity contribution in [3.05, 3.63) is 46.7 Å². The number of carbonyl (C=O) groups excluding carboxylic acids is 2. The van der Waals surface area contributed by atoms with Crippen molar-refractivity contribution >= 4 is 28.8 Å². The first-order valence-electron chi connectivity index (χ1n) is 5.56. The summed E-state index contributed by atoms with van der Waals surface area (Å²) in [7, 11) is 0. The van der Waals surface area contributed by atoms with Crippen molar-refractivity contribution in [3.8, 4) is 5.75 Å². The Kier molecular flexibility index (Phi) is 4.15. The number of anilines is 1. The normalized spacial score (nSPS) is 9.89. The van der Waals surface area contributed by atoms with Gasteiger partial charge in [0.05, 0.1) is 6.54 Å². The zero-order valence-electron chi connectivity index (χ0n) is 9.92. The molecule has 0 spiro atoms. The third kappa shape index (κ3) is 3.82. The summed E-state index contributed by atoms with van der Waals surface area (Å²) in [4.78, 5) is 24.1. The van der Waals surface area contributed by atoms with Crippen LogP contribution in [0.15, 0.2) is 41.8 Å². The first kappa shape index (κ1) is 13.1. The lowest BCUT2D eigenvalue weighted by atomic mass is 10.3. The lowest BCUT2D eigenvalue weighted by molar-refractivity contribution is -0.136. The lowest BCUT2D eigenvalue weighted by Gasteiger charge is -2.05. The number of phenolic OH excluding ortho intramolecular Hbond substituents is 1. The summed E-state index contributed by atoms with van der Waals surface area (Å²) in [5, 5.41) is 16.0. The standard InChI is InChI=1S/C13H12N2O3S/c16-10-5-3-9(4-6-10)15-13(18)12(17)14-8-11-2-1-7-19-11/h1-7,16H,8H2,(H,14,17)(H,15,18). The van der Waals surface area contributed by atoms with Crippen LogP contribution in [-0.4, -0.2) is 16.9 Å². The van der Waals surface area contributed by atoms with E-state index in [1.54, 1.807) is 0 Å². The highest BCUT2D eigenvalue weighted by molar-refractivity contribution is 7.09. The fourth-order valence-corrected chi connectivity index (χ4v) is 2.04. The molecule has 0 atom stereocenters. The molecule has 1 aromatic heterocycles. The first-order valence-corrected chi connectivity index (χ1v) is 6.44. The third-order valence-corrected chi connectivity index (χ3v) is 3.21. The van der Waals surface area contributed by atoms with E-state index in [4.69, 9.17) is 5.11 Å². The molecule has 1 aromatic carbocycles. The van der Waals surface area contributed by atoms with Gasteiger partial charge >= 0.3 is 11.8 Å². The van der Waals surface area contributed by atoms with Gasteiger partial charge < -0.3 is 15.7 Å². The Morgan fingerprint density at radius 2 is 1.84 bits per heavy atom. The number of carbonyl (C=O) groups is 2. The molecule has 0 bridgehead atoms. The summed E-state index contributed by atoms with van der Waals surface area (Å²) >= 11 is 1.51. The molecule has 0 aliphatic carbocycles. The molecule has 0 saturated carbocycles. The van der Waals surface area contributed by atoms with Gasteiger partial charge in [0.25, 0.3) is 0 Å². The second-order valence-electron chi connectivity index (χ2n) is 3.76. The predicted octanol–water partition coefficient (Wildman–Crippen LogP) is 1.71. The van der Waals surface area contributed by atoms with Crippen LogP contribution in [0.1, 0.15) is 4.88 Å². The number of rotatable bonds is 3. The molecule has 5 nitrogen and oxygen atoms in total. The Labute approximate surface area is 113 Å². The Hall–Kier alpha value is -2.34. The highest BCUT2D eigenvalue weighted by atomic mass is 32.1. The van der Waals surface area contributed by atoms with E-state index in [9.17, 15) is 9.59 Å². The van der Waals surface area contributed by atoms with Crippen molar-refractivity contribution in [2.45, 2.75) is 6.54 Å². The van der Waals surface area contributed by atoms with Gasteiger partial charge in [0.15, 0.2) is 0 Å². The van der Waals surface area contributed by atoms with Crippen molar-refractivity contribution in [2.75, 3.05) is 5.32 Å². The number of hydrogen-bond donors (Lipinski definition) is 3. The van der Waals surface area contributed by atoms with Crippen molar-refractivity contribution < 1.29 is 14.7 Å². The fourth-order valence-electron chi connectivity index (χ4n) is 1.39. The summed E-state index contributed by atoms with van der Waals surface area (Å²) < 4.78 is 0. The average Bonchev–Trinajstić information content (AvgIpc) is 2.91. The van der Waals surface area contributed by atoms with E-state index in [0.29, 0.717) is 12.2 Å². The molecule has 1 heterocycles. The summed E-state index contributed by atoms with van der Waals surface area (Å²) in [5.41, 5.74) is 0.453. The maximum absolute atomic E-state index is 11.6. The van der Waals surface area contributed by atoms with Gasteiger partial charge in [-0.2, -0.15) is 0 Å². The first-order chi connectivity index (χ1) is 9.15. The largest absolute Gasteiger partial charge is 0.508 e. The van der Waals surface area contributed by atoms with Crippen LogP contribution in [0.4, 0.5) is 5.69 Å². The highest BCUT2D eigenvalue weighted by Gasteiger charge is 2.13. The zero-order chi connectivity index (χ0) is 13.7. The Bertz CT molecular complexity index is 564. The molecule has 2 rings (SSSR count). The van der Waals surface area contributed by atoms with E-state index >= 15 is 0 Å². The summed E-state index contributed by atoms with van der Waals surface area (Å²) in [5.74, 6) is -1.33. The maximum atomic E-state index is 11.6. The molecule has 0 fully saturated rings. The summed E-state index contributed by atoms with van der Waals surface area (Å²) in [6.45, 7) is 0.333. The summed E-state index contributed by atoms with van der Waals surface area (Å²) in [6, 6.07) is 9.64. The molecule has 3 N–H and O–H groups in total. The average molecular weight is 276 g/mol. The molecule has 2 amide bonds. The quantitative estimate of drug-likeness (QED) is 0.590. The molecule has 19 heavy (non-hydrogen) atoms. The second kappa shape index (κ2) is 6.01. The van der Waals surface area contributed by atoms with E-state index in [1.807, 2.05) is 17.5 Å². The topological polar surface area (TPSA) is 78.4 Å². The number of phenols is 1. The van der Waals surface area contributed by atoms with E-state index in [1.165, 1.54) is 35.6 Å². The van der Waals surface area contributed by atoms with Gasteiger partial charge in [-0.15, -0.1) is 11.3 Å². The van der Waals surface area contributed by atoms with Gasteiger partial charge in [-0.05, 0) is 35.7 Å². The molecule has 0 unspecified atom stereocenters. The Morgan fingerprint density at radius 1 is 1.11 bits per heavy atom. The molecule has 0 radical (unpaired) electrons. The van der Waals surface area contributed by atoms with Gasteiger partial charge in [-0.1, -0.05) is 6.07 Å². The fraction of sp³-hybridized carbons (Fsp3) is 0.0769. The molecule has 98 valence electrons. The van der Waals surface area contributed by atoms with Crippen LogP contribution in [0.5, 0.6) is 5.75 Å². The van der Waals surface area contributed by atoms with Crippen LogP contribution in [-0.2, 0) is 16.1 Å². The van der Waals surface area contributed by atoms with Crippen LogP contribution < -0.4 is 10.6 Å². The molecule has 0 aliphatic rings. The number of amides is 2. The van der Waals surface area contributed by atoms with Crippen molar-refractivity contribution in [1.29, 1.82) is 0 Å². The molecule has 0 saturated heterocycles. The molecule has 0 aliphatic heterocycles. The van der Waals surface area contributed by atoms with E-state index in [0.717, 1.165) is 4.88 Å². The number of aromatic hydroxyl groups is 1. The van der Waals surface area contributed by atoms with Crippen LogP contribution in [0, 0.1) is 0 Å². The van der Waals surface area contributed by atoms with Crippen LogP contribution in [0.3, 0.4) is 0 Å². The minimum absolute atomic E-state index is 0.0974. The van der Waals surface area contributed by atoms with Gasteiger partial charge in [0.1, 0.15) is 5.75 Å². The molecular weight excluding hydrogens is 264 g/mol. The van der Waals surface area contributed by atoms with Crippen LogP contribution in [0.25, 0.3) is 0 Å². The van der Waals surface area contributed by atoms with Crippen LogP contribution >= 0.6 is 11.3 Å². The van der Waals surface area contributed by atoms with Crippen molar-refractivity contribution in [3.63, 3.8) is 0 Å². The minimum Gasteiger partial charge on any atom is -0.508 e. The predicted molar refractivity (Wildman–Crippen MR) is 72.9 cm³/mol. The van der Waals surface area contributed by atoms with E-state index in [-0.39, 0.29) is 5.75 Å². The number of benzene rings is 1. The van der Waals surface area contributed by atoms with Crippen molar-refractivity contribution in [1.82, 2.24) is 5.32 Å². The monoisotopic (exact) mass is 276 g/mol. The minimum atomic E-state index is -0.734. The van der Waals surface area contributed by atoms with E-state index in [2.05, 4.69) is 10.6 Å². The SMILES string of the molecule is O=C(NCc1cccs1)C(=O)Nc1ccc(O)cc1. The molecule has 6 heteroatoms. The lowest BCUT2D eigenvalue weighted by Crippen LogP contribution is -2.34. The second-order valence-corrected chi connectivity index (χ2v) is 4.80. The third-order valence-electron chi connectivity index (χ3n) is 2.33. The zero-order valence-corrected chi connectivity index (χ0v) is 10.7. The number of hydrogen-bond acceptors (Lipinski definition) is 4. The van der Waals surface area contributed by atoms with Gasteiger partial charge in [-0.25, -0.2) is 0 Å². The smallest absolute Gasteiger partial charge is 0.313 e. The van der Waals surface area contributed by atoms with Crippen LogP contribution in [0.2, 0.25) is 0 Å². The summed E-state index contributed by atoms with van der Waals surface area (Å²) in [6.07, 6.45) is 0. The Morgan fingerprint density at radius 3 is 2.47 bits per heavy atom. The van der Waals surface area contributed by atoms with E-state index < -0.39 is 11.8 Å².